The first-order valence-corrected chi connectivity index (χ1v) is 9.86. The topological polar surface area (TPSA) is 56.5 Å². The van der Waals surface area contributed by atoms with Crippen molar-refractivity contribution in [2.75, 3.05) is 13.6 Å². The highest BCUT2D eigenvalue weighted by Crippen LogP contribution is 2.75. The Morgan fingerprint density at radius 2 is 2.24 bits per heavy atom. The quantitative estimate of drug-likeness (QED) is 0.728. The first kappa shape index (κ1) is 14.5. The Morgan fingerprint density at radius 1 is 1.40 bits per heavy atom. The normalized spacial score (nSPS) is 48.0. The molecular formula is C20H20N2O2S. The Bertz CT molecular complexity index is 908. The van der Waals surface area contributed by atoms with Crippen molar-refractivity contribution in [2.45, 2.75) is 47.3 Å². The molecule has 2 aliphatic carbocycles. The van der Waals surface area contributed by atoms with E-state index in [9.17, 15) is 10.4 Å². The Balaban J connectivity index is 1.75. The van der Waals surface area contributed by atoms with Crippen LogP contribution >= 0.6 is 11.8 Å². The molecule has 2 fully saturated rings. The molecule has 2 spiro atoms. The van der Waals surface area contributed by atoms with Gasteiger partial charge in [0, 0.05) is 17.0 Å². The SMILES string of the molecule is CN1CC[C@]23c4c5ccc(O)c4O[C@H]2[C@@]2(C)C=C[C@@]3(S[C@H]2C#N)[C@H]1C5. The van der Waals surface area contributed by atoms with Crippen molar-refractivity contribution in [3.8, 4) is 17.6 Å². The third-order valence-electron chi connectivity index (χ3n) is 7.60. The van der Waals surface area contributed by atoms with Crippen LogP contribution in [-0.2, 0) is 11.8 Å². The molecule has 2 saturated heterocycles. The van der Waals surface area contributed by atoms with E-state index in [1.165, 1.54) is 11.1 Å². The number of hydrogen-bond donors (Lipinski definition) is 1. The number of ether oxygens (including phenoxy) is 1. The van der Waals surface area contributed by atoms with Crippen molar-refractivity contribution in [2.24, 2.45) is 5.41 Å². The summed E-state index contributed by atoms with van der Waals surface area (Å²) in [6, 6.07) is 6.78. The van der Waals surface area contributed by atoms with E-state index >= 15 is 0 Å². The van der Waals surface area contributed by atoms with Crippen molar-refractivity contribution in [1.82, 2.24) is 4.90 Å². The Hall–Kier alpha value is -1.64. The second kappa shape index (κ2) is 4.02. The minimum Gasteiger partial charge on any atom is -0.504 e. The van der Waals surface area contributed by atoms with Crippen molar-refractivity contribution >= 4 is 11.8 Å². The maximum absolute atomic E-state index is 10.5. The molecule has 1 aromatic rings. The van der Waals surface area contributed by atoms with Gasteiger partial charge in [-0.15, -0.1) is 11.8 Å². The lowest BCUT2D eigenvalue weighted by molar-refractivity contribution is -0.0373. The number of likely N-dealkylation sites (N-methyl/N-ethyl adjacent to an activating group) is 1. The van der Waals surface area contributed by atoms with E-state index < -0.39 is 0 Å². The monoisotopic (exact) mass is 352 g/mol. The van der Waals surface area contributed by atoms with Crippen LogP contribution in [0.15, 0.2) is 24.3 Å². The number of phenolic OH excluding ortho intramolecular Hbond substituents is 1. The highest BCUT2D eigenvalue weighted by Gasteiger charge is 2.78. The molecule has 7 rings (SSSR count). The minimum atomic E-state index is -0.332. The summed E-state index contributed by atoms with van der Waals surface area (Å²) in [5.74, 6) is 0.931. The number of benzene rings is 1. The van der Waals surface area contributed by atoms with Crippen molar-refractivity contribution in [1.29, 1.82) is 5.26 Å². The summed E-state index contributed by atoms with van der Waals surface area (Å²) < 4.78 is 6.38. The molecule has 5 heteroatoms. The van der Waals surface area contributed by atoms with E-state index in [4.69, 9.17) is 4.74 Å². The van der Waals surface area contributed by atoms with Crippen LogP contribution in [0.25, 0.3) is 0 Å². The van der Waals surface area contributed by atoms with Gasteiger partial charge in [0.05, 0.1) is 16.2 Å². The third kappa shape index (κ3) is 1.24. The summed E-state index contributed by atoms with van der Waals surface area (Å²) in [6.07, 6.45) is 6.53. The largest absolute Gasteiger partial charge is 0.504 e. The second-order valence-corrected chi connectivity index (χ2v) is 9.87. The van der Waals surface area contributed by atoms with Crippen LogP contribution in [0.2, 0.25) is 0 Å². The molecule has 4 aliphatic heterocycles. The molecule has 6 aliphatic rings. The number of phenols is 1. The van der Waals surface area contributed by atoms with E-state index in [0.717, 1.165) is 19.4 Å². The number of piperidine rings is 1. The van der Waals surface area contributed by atoms with E-state index in [1.807, 2.05) is 11.8 Å². The van der Waals surface area contributed by atoms with Gasteiger partial charge in [0.1, 0.15) is 11.4 Å². The lowest BCUT2D eigenvalue weighted by Crippen LogP contribution is -2.78. The average Bonchev–Trinajstić information content (AvgIpc) is 2.98. The minimum absolute atomic E-state index is 0.0746. The molecule has 0 unspecified atom stereocenters. The number of fused-ring (bicyclic) bond motifs is 1. The standard InChI is InChI=1S/C20H20N2O2S/c1-18-5-6-20(25-14(18)10-21)13-9-11-3-4-12(23)16-15(11)19(20,17(18)24-16)7-8-22(13)2/h3-6,13-14,17,23H,7-9H2,1-2H3/t13-,14+,17+,18+,19+,20-/m1/s1. The Kier molecular flexibility index (Phi) is 2.34. The van der Waals surface area contributed by atoms with Gasteiger partial charge in [-0.2, -0.15) is 5.26 Å². The van der Waals surface area contributed by atoms with Crippen LogP contribution in [0.5, 0.6) is 11.5 Å². The zero-order valence-corrected chi connectivity index (χ0v) is 15.1. The molecular weight excluding hydrogens is 332 g/mol. The smallest absolute Gasteiger partial charge is 0.165 e. The van der Waals surface area contributed by atoms with E-state index in [0.29, 0.717) is 11.8 Å². The van der Waals surface area contributed by atoms with Crippen molar-refractivity contribution in [3.63, 3.8) is 0 Å². The number of nitrogens with zero attached hydrogens (tertiary/aromatic N) is 2. The molecule has 4 heterocycles. The number of thioether (sulfide) groups is 1. The summed E-state index contributed by atoms with van der Waals surface area (Å²) in [6.45, 7) is 3.19. The summed E-state index contributed by atoms with van der Waals surface area (Å²) in [5, 5.41) is 20.3. The number of likely N-dealkylation sites (tertiary alicyclic amines) is 1. The lowest BCUT2D eigenvalue weighted by atomic mass is 9.48. The van der Waals surface area contributed by atoms with Crippen LogP contribution in [0.3, 0.4) is 0 Å². The Morgan fingerprint density at radius 3 is 3.04 bits per heavy atom. The third-order valence-corrected chi connectivity index (χ3v) is 9.61. The first-order valence-electron chi connectivity index (χ1n) is 8.98. The fourth-order valence-corrected chi connectivity index (χ4v) is 8.47. The molecule has 4 nitrogen and oxygen atoms in total. The molecule has 0 radical (unpaired) electrons. The number of nitriles is 1. The first-order chi connectivity index (χ1) is 12.0. The number of rotatable bonds is 0. The van der Waals surface area contributed by atoms with Crippen LogP contribution in [0.1, 0.15) is 24.5 Å². The van der Waals surface area contributed by atoms with E-state index in [2.05, 4.69) is 43.2 Å². The van der Waals surface area contributed by atoms with Crippen molar-refractivity contribution < 1.29 is 9.84 Å². The summed E-state index contributed by atoms with van der Waals surface area (Å²) in [7, 11) is 2.21. The van der Waals surface area contributed by atoms with Gasteiger partial charge in [0.25, 0.3) is 0 Å². The summed E-state index contributed by atoms with van der Waals surface area (Å²) in [4.78, 5) is 2.47. The van der Waals surface area contributed by atoms with E-state index in [-0.39, 0.29) is 32.7 Å². The van der Waals surface area contributed by atoms with Crippen LogP contribution < -0.4 is 4.74 Å². The molecule has 128 valence electrons. The maximum Gasteiger partial charge on any atom is 0.165 e. The molecule has 6 atom stereocenters. The van der Waals surface area contributed by atoms with Gasteiger partial charge < -0.3 is 14.7 Å². The summed E-state index contributed by atoms with van der Waals surface area (Å²) >= 11 is 1.85. The molecule has 0 aromatic heterocycles. The van der Waals surface area contributed by atoms with Gasteiger partial charge >= 0.3 is 0 Å². The van der Waals surface area contributed by atoms with Gasteiger partial charge in [-0.3, -0.25) is 0 Å². The number of aromatic hydroxyl groups is 1. The van der Waals surface area contributed by atoms with Gasteiger partial charge in [-0.05, 0) is 38.1 Å². The van der Waals surface area contributed by atoms with Crippen molar-refractivity contribution in [3.05, 3.63) is 35.4 Å². The predicted octanol–water partition coefficient (Wildman–Crippen LogP) is 2.61. The van der Waals surface area contributed by atoms with Crippen LogP contribution in [-0.4, -0.2) is 45.7 Å². The molecule has 25 heavy (non-hydrogen) atoms. The van der Waals surface area contributed by atoms with Crippen LogP contribution in [0, 0.1) is 16.7 Å². The molecule has 1 N–H and O–H groups in total. The lowest BCUT2D eigenvalue weighted by Gasteiger charge is -2.69. The van der Waals surface area contributed by atoms with Gasteiger partial charge in [0.15, 0.2) is 11.5 Å². The maximum atomic E-state index is 10.5. The predicted molar refractivity (Wildman–Crippen MR) is 95.9 cm³/mol. The van der Waals surface area contributed by atoms with Gasteiger partial charge in [-0.1, -0.05) is 25.1 Å². The number of hydrogen-bond acceptors (Lipinski definition) is 5. The fraction of sp³-hybridized carbons (Fsp3) is 0.550. The summed E-state index contributed by atoms with van der Waals surface area (Å²) in [5.41, 5.74) is 2.09. The molecule has 0 amide bonds. The van der Waals surface area contributed by atoms with Gasteiger partial charge in [-0.25, -0.2) is 0 Å². The highest BCUT2D eigenvalue weighted by molar-refractivity contribution is 8.02. The zero-order valence-electron chi connectivity index (χ0n) is 14.3. The van der Waals surface area contributed by atoms with E-state index in [1.54, 1.807) is 6.07 Å². The zero-order chi connectivity index (χ0) is 17.2. The Labute approximate surface area is 151 Å². The average molecular weight is 352 g/mol. The van der Waals surface area contributed by atoms with Gasteiger partial charge in [0.2, 0.25) is 0 Å². The second-order valence-electron chi connectivity index (χ2n) is 8.49. The highest BCUT2D eigenvalue weighted by atomic mass is 32.2. The molecule has 0 saturated carbocycles. The molecule has 1 aromatic carbocycles. The fourth-order valence-electron chi connectivity index (χ4n) is 6.48. The van der Waals surface area contributed by atoms with Crippen LogP contribution in [0.4, 0.5) is 0 Å². The molecule has 4 bridgehead atoms.